The third-order valence-corrected chi connectivity index (χ3v) is 3.15. The Morgan fingerprint density at radius 2 is 2.04 bits per heavy atom. The van der Waals surface area contributed by atoms with Gasteiger partial charge in [-0.2, -0.15) is 0 Å². The maximum absolute atomic E-state index is 14.6. The molecule has 23 heavy (non-hydrogen) atoms. The fourth-order valence-corrected chi connectivity index (χ4v) is 2.21. The van der Waals surface area contributed by atoms with Crippen molar-refractivity contribution in [2.45, 2.75) is 38.5 Å². The number of ether oxygens (including phenoxy) is 3. The van der Waals surface area contributed by atoms with Crippen molar-refractivity contribution in [3.05, 3.63) is 33.1 Å². The van der Waals surface area contributed by atoms with Crippen molar-refractivity contribution >= 4 is 11.9 Å². The third kappa shape index (κ3) is 3.83. The molecule has 10 heteroatoms. The molecule has 0 radical (unpaired) electrons. The number of hydrogen-bond acceptors (Lipinski definition) is 7. The standard InChI is InChI=1S/C13H15FN2O7/c1-6(17)21-5-8-11(22-7(2)18)10(14)12(23-8)16-4-3-9(19)15-13(16)20/h3-4,8,10-12H,5H2,1-2H3,(H,15,19,20)/t8-,10?,11+,12-/m1/s1. The summed E-state index contributed by atoms with van der Waals surface area (Å²) in [5.41, 5.74) is -1.52. The van der Waals surface area contributed by atoms with E-state index < -0.39 is 47.8 Å². The van der Waals surface area contributed by atoms with Gasteiger partial charge in [-0.3, -0.25) is 23.9 Å². The minimum atomic E-state index is -1.89. The number of carbonyl (C=O) groups excluding carboxylic acids is 2. The lowest BCUT2D eigenvalue weighted by molar-refractivity contribution is -0.156. The predicted molar refractivity (Wildman–Crippen MR) is 72.3 cm³/mol. The Hall–Kier alpha value is -2.49. The van der Waals surface area contributed by atoms with Gasteiger partial charge in [0, 0.05) is 26.1 Å². The SMILES string of the molecule is CC(=O)OC[C@H]1O[C@@H](n2ccc(=O)[nH]c2=O)C(F)[C@H]1OC(C)=O. The second kappa shape index (κ2) is 6.73. The molecule has 1 N–H and O–H groups in total. The van der Waals surface area contributed by atoms with Gasteiger partial charge >= 0.3 is 17.6 Å². The van der Waals surface area contributed by atoms with Gasteiger partial charge in [0.2, 0.25) is 0 Å². The number of halogens is 1. The molecule has 126 valence electrons. The highest BCUT2D eigenvalue weighted by molar-refractivity contribution is 5.66. The van der Waals surface area contributed by atoms with E-state index in [4.69, 9.17) is 14.2 Å². The minimum absolute atomic E-state index is 0.345. The summed E-state index contributed by atoms with van der Waals surface area (Å²) in [6.45, 7) is 1.91. The van der Waals surface area contributed by atoms with E-state index in [2.05, 4.69) is 0 Å². The number of aromatic amines is 1. The van der Waals surface area contributed by atoms with Crippen LogP contribution in [0.15, 0.2) is 21.9 Å². The van der Waals surface area contributed by atoms with Crippen LogP contribution in [0.2, 0.25) is 0 Å². The van der Waals surface area contributed by atoms with Crippen LogP contribution < -0.4 is 11.2 Å². The summed E-state index contributed by atoms with van der Waals surface area (Å²) in [7, 11) is 0. The maximum Gasteiger partial charge on any atom is 0.330 e. The predicted octanol–water partition coefficient (Wildman–Crippen LogP) is -0.733. The number of carbonyl (C=O) groups is 2. The molecule has 1 aliphatic rings. The Labute approximate surface area is 129 Å². The topological polar surface area (TPSA) is 117 Å². The molecule has 0 aromatic carbocycles. The molecule has 1 fully saturated rings. The van der Waals surface area contributed by atoms with E-state index in [0.717, 1.165) is 30.7 Å². The van der Waals surface area contributed by atoms with Crippen LogP contribution in [0, 0.1) is 0 Å². The van der Waals surface area contributed by atoms with Crippen LogP contribution >= 0.6 is 0 Å². The highest BCUT2D eigenvalue weighted by Gasteiger charge is 2.49. The average Bonchev–Trinajstić information content (AvgIpc) is 2.73. The van der Waals surface area contributed by atoms with Crippen molar-refractivity contribution in [3.8, 4) is 0 Å². The number of hydrogen-bond donors (Lipinski definition) is 1. The van der Waals surface area contributed by atoms with Crippen LogP contribution in [-0.4, -0.2) is 46.5 Å². The average molecular weight is 330 g/mol. The molecule has 2 rings (SSSR count). The summed E-state index contributed by atoms with van der Waals surface area (Å²) >= 11 is 0. The molecular formula is C13H15FN2O7. The lowest BCUT2D eigenvalue weighted by atomic mass is 10.1. The van der Waals surface area contributed by atoms with Gasteiger partial charge in [0.15, 0.2) is 18.5 Å². The molecule has 1 aromatic heterocycles. The van der Waals surface area contributed by atoms with Gasteiger partial charge in [-0.15, -0.1) is 0 Å². The number of H-pyrrole nitrogens is 1. The Kier molecular flexibility index (Phi) is 4.94. The Bertz CT molecular complexity index is 713. The van der Waals surface area contributed by atoms with E-state index in [1.54, 1.807) is 0 Å². The van der Waals surface area contributed by atoms with Crippen LogP contribution in [0.3, 0.4) is 0 Å². The molecule has 1 saturated heterocycles. The third-order valence-electron chi connectivity index (χ3n) is 3.15. The Morgan fingerprint density at radius 3 is 2.61 bits per heavy atom. The first kappa shape index (κ1) is 16.9. The molecule has 1 aliphatic heterocycles. The summed E-state index contributed by atoms with van der Waals surface area (Å²) in [5.74, 6) is -1.36. The van der Waals surface area contributed by atoms with Gasteiger partial charge in [0.1, 0.15) is 12.7 Å². The monoisotopic (exact) mass is 330 g/mol. The summed E-state index contributed by atoms with van der Waals surface area (Å²) < 4.78 is 30.4. The van der Waals surface area contributed by atoms with E-state index in [1.807, 2.05) is 4.98 Å². The highest BCUT2D eigenvalue weighted by atomic mass is 19.1. The van der Waals surface area contributed by atoms with Gasteiger partial charge in [0.05, 0.1) is 0 Å². The quantitative estimate of drug-likeness (QED) is 0.723. The maximum atomic E-state index is 14.6. The van der Waals surface area contributed by atoms with E-state index >= 15 is 0 Å². The number of aromatic nitrogens is 2. The van der Waals surface area contributed by atoms with Gasteiger partial charge in [-0.25, -0.2) is 9.18 Å². The van der Waals surface area contributed by atoms with E-state index in [9.17, 15) is 23.6 Å². The molecule has 9 nitrogen and oxygen atoms in total. The summed E-state index contributed by atoms with van der Waals surface area (Å²) in [6, 6.07) is 1.03. The van der Waals surface area contributed by atoms with E-state index in [0.29, 0.717) is 0 Å². The highest BCUT2D eigenvalue weighted by Crippen LogP contribution is 2.33. The van der Waals surface area contributed by atoms with Crippen molar-refractivity contribution in [3.63, 3.8) is 0 Å². The van der Waals surface area contributed by atoms with Crippen LogP contribution in [0.5, 0.6) is 0 Å². The first-order valence-electron chi connectivity index (χ1n) is 6.71. The fourth-order valence-electron chi connectivity index (χ4n) is 2.21. The smallest absolute Gasteiger partial charge is 0.330 e. The van der Waals surface area contributed by atoms with Crippen molar-refractivity contribution < 1.29 is 28.2 Å². The molecule has 0 saturated carbocycles. The van der Waals surface area contributed by atoms with Gasteiger partial charge in [-0.1, -0.05) is 0 Å². The van der Waals surface area contributed by atoms with Crippen LogP contribution in [-0.2, 0) is 23.8 Å². The first-order chi connectivity index (χ1) is 10.8. The van der Waals surface area contributed by atoms with E-state index in [-0.39, 0.29) is 6.61 Å². The number of nitrogens with one attached hydrogen (secondary N) is 1. The second-order valence-electron chi connectivity index (χ2n) is 4.90. The summed E-state index contributed by atoms with van der Waals surface area (Å²) in [6.07, 6.45) is -4.68. The van der Waals surface area contributed by atoms with Gasteiger partial charge in [0.25, 0.3) is 5.56 Å². The van der Waals surface area contributed by atoms with Crippen molar-refractivity contribution in [1.29, 1.82) is 0 Å². The molecule has 0 aliphatic carbocycles. The first-order valence-corrected chi connectivity index (χ1v) is 6.71. The number of alkyl halides is 1. The van der Waals surface area contributed by atoms with E-state index in [1.165, 1.54) is 0 Å². The molecule has 0 bridgehead atoms. The molecule has 0 spiro atoms. The fraction of sp³-hybridized carbons (Fsp3) is 0.538. The van der Waals surface area contributed by atoms with Crippen LogP contribution in [0.4, 0.5) is 4.39 Å². The summed E-state index contributed by atoms with van der Waals surface area (Å²) in [5, 5.41) is 0. The zero-order valence-corrected chi connectivity index (χ0v) is 12.4. The number of rotatable bonds is 4. The zero-order valence-electron chi connectivity index (χ0n) is 12.4. The lowest BCUT2D eigenvalue weighted by Gasteiger charge is -2.18. The number of esters is 2. The molecule has 2 heterocycles. The molecule has 0 amide bonds. The number of nitrogens with zero attached hydrogens (tertiary/aromatic N) is 1. The molecule has 4 atom stereocenters. The molecular weight excluding hydrogens is 315 g/mol. The summed E-state index contributed by atoms with van der Waals surface area (Å²) in [4.78, 5) is 46.8. The van der Waals surface area contributed by atoms with Crippen molar-refractivity contribution in [2.24, 2.45) is 0 Å². The second-order valence-corrected chi connectivity index (χ2v) is 4.90. The van der Waals surface area contributed by atoms with Crippen molar-refractivity contribution in [1.82, 2.24) is 9.55 Å². The molecule has 1 unspecified atom stereocenters. The van der Waals surface area contributed by atoms with Crippen LogP contribution in [0.1, 0.15) is 20.1 Å². The minimum Gasteiger partial charge on any atom is -0.463 e. The van der Waals surface area contributed by atoms with Gasteiger partial charge in [-0.05, 0) is 0 Å². The zero-order chi connectivity index (χ0) is 17.1. The lowest BCUT2D eigenvalue weighted by Crippen LogP contribution is -2.37. The molecule has 1 aromatic rings. The Morgan fingerprint density at radius 1 is 1.35 bits per heavy atom. The normalized spacial score (nSPS) is 26.7. The largest absolute Gasteiger partial charge is 0.463 e. The van der Waals surface area contributed by atoms with Gasteiger partial charge < -0.3 is 14.2 Å². The van der Waals surface area contributed by atoms with Crippen molar-refractivity contribution in [2.75, 3.05) is 6.61 Å². The van der Waals surface area contributed by atoms with Crippen LogP contribution in [0.25, 0.3) is 0 Å². The Balaban J connectivity index is 2.27.